The number of methoxy groups -OCH3 is 1. The maximum absolute atomic E-state index is 12.4. The first kappa shape index (κ1) is 18.4. The molecule has 2 rings (SSSR count). The Morgan fingerprint density at radius 3 is 2.71 bits per heavy atom. The van der Waals surface area contributed by atoms with E-state index in [2.05, 4.69) is 10.4 Å². The molecule has 0 aliphatic carbocycles. The van der Waals surface area contributed by atoms with Crippen molar-refractivity contribution in [3.63, 3.8) is 0 Å². The molecule has 0 bridgehead atoms. The summed E-state index contributed by atoms with van der Waals surface area (Å²) in [6.45, 7) is 5.89. The molecule has 1 aromatic rings. The van der Waals surface area contributed by atoms with E-state index >= 15 is 0 Å². The van der Waals surface area contributed by atoms with Gasteiger partial charge in [-0.2, -0.15) is 5.10 Å². The van der Waals surface area contributed by atoms with Gasteiger partial charge >= 0.3 is 0 Å². The number of rotatable bonds is 7. The number of ether oxygens (including phenoxy) is 1. The molecule has 134 valence electrons. The normalized spacial score (nSPS) is 20.4. The predicted molar refractivity (Wildman–Crippen MR) is 90.5 cm³/mol. The standard InChI is InChI=1S/C17H28N4O3/c1-12-8-13(2)21(19-12)7-5-6-17(23)20-10-14(9-16(22)18-3)15(11-20)24-4/h8,14-15H,5-7,9-11H2,1-4H3,(H,18,22)/t14-,15+/m1/s1. The van der Waals surface area contributed by atoms with Crippen molar-refractivity contribution in [3.05, 3.63) is 17.5 Å². The molecule has 1 aliphatic heterocycles. The quantitative estimate of drug-likeness (QED) is 0.802. The van der Waals surface area contributed by atoms with Crippen LogP contribution >= 0.6 is 0 Å². The number of aromatic nitrogens is 2. The number of nitrogens with one attached hydrogen (secondary N) is 1. The molecule has 2 heterocycles. The van der Waals surface area contributed by atoms with Gasteiger partial charge in [0.1, 0.15) is 0 Å². The molecule has 0 radical (unpaired) electrons. The highest BCUT2D eigenvalue weighted by molar-refractivity contribution is 5.78. The molecular formula is C17H28N4O3. The first-order chi connectivity index (χ1) is 11.4. The van der Waals surface area contributed by atoms with E-state index in [1.54, 1.807) is 14.2 Å². The van der Waals surface area contributed by atoms with Gasteiger partial charge in [-0.3, -0.25) is 14.3 Å². The van der Waals surface area contributed by atoms with E-state index in [4.69, 9.17) is 4.74 Å². The number of nitrogens with zero attached hydrogens (tertiary/aromatic N) is 3. The topological polar surface area (TPSA) is 76.5 Å². The summed E-state index contributed by atoms with van der Waals surface area (Å²) >= 11 is 0. The molecule has 2 atom stereocenters. The van der Waals surface area contributed by atoms with Crippen LogP contribution in [0.15, 0.2) is 6.07 Å². The van der Waals surface area contributed by atoms with Crippen LogP contribution < -0.4 is 5.32 Å². The molecule has 0 unspecified atom stereocenters. The molecule has 7 heteroatoms. The molecule has 1 aliphatic rings. The van der Waals surface area contributed by atoms with Crippen LogP contribution in [0.5, 0.6) is 0 Å². The maximum atomic E-state index is 12.4. The van der Waals surface area contributed by atoms with Crippen LogP contribution in [0.3, 0.4) is 0 Å². The molecule has 7 nitrogen and oxygen atoms in total. The highest BCUT2D eigenvalue weighted by Crippen LogP contribution is 2.23. The summed E-state index contributed by atoms with van der Waals surface area (Å²) in [5.41, 5.74) is 2.12. The largest absolute Gasteiger partial charge is 0.379 e. The molecule has 0 saturated carbocycles. The average molecular weight is 336 g/mol. The van der Waals surface area contributed by atoms with Gasteiger partial charge in [-0.15, -0.1) is 0 Å². The molecule has 1 saturated heterocycles. The Labute approximate surface area is 143 Å². The second-order valence-corrected chi connectivity index (χ2v) is 6.46. The minimum atomic E-state index is -0.0674. The third-order valence-corrected chi connectivity index (χ3v) is 4.63. The lowest BCUT2D eigenvalue weighted by molar-refractivity contribution is -0.131. The summed E-state index contributed by atoms with van der Waals surface area (Å²) in [5.74, 6) is 0.175. The van der Waals surface area contributed by atoms with Crippen LogP contribution in [0.2, 0.25) is 0 Å². The summed E-state index contributed by atoms with van der Waals surface area (Å²) in [7, 11) is 3.26. The van der Waals surface area contributed by atoms with Gasteiger partial charge in [0.05, 0.1) is 11.8 Å². The van der Waals surface area contributed by atoms with Crippen LogP contribution in [0, 0.1) is 19.8 Å². The van der Waals surface area contributed by atoms with Crippen LogP contribution in [0.25, 0.3) is 0 Å². The monoisotopic (exact) mass is 336 g/mol. The number of aryl methyl sites for hydroxylation is 3. The number of likely N-dealkylation sites (tertiary alicyclic amines) is 1. The lowest BCUT2D eigenvalue weighted by Crippen LogP contribution is -2.30. The number of carbonyl (C=O) groups excluding carboxylic acids is 2. The van der Waals surface area contributed by atoms with Crippen molar-refractivity contribution in [2.75, 3.05) is 27.2 Å². The molecule has 0 spiro atoms. The lowest BCUT2D eigenvalue weighted by atomic mass is 10.0. The SMILES string of the molecule is CNC(=O)C[C@@H]1CN(C(=O)CCCn2nc(C)cc2C)C[C@@H]1OC. The summed E-state index contributed by atoms with van der Waals surface area (Å²) in [6.07, 6.45) is 1.57. The van der Waals surface area contributed by atoms with E-state index in [9.17, 15) is 9.59 Å². The van der Waals surface area contributed by atoms with E-state index in [-0.39, 0.29) is 23.8 Å². The number of carbonyl (C=O) groups is 2. The Morgan fingerprint density at radius 2 is 2.12 bits per heavy atom. The van der Waals surface area contributed by atoms with E-state index in [1.165, 1.54) is 0 Å². The average Bonchev–Trinajstić information content (AvgIpc) is 3.10. The van der Waals surface area contributed by atoms with E-state index < -0.39 is 0 Å². The van der Waals surface area contributed by atoms with Crippen molar-refractivity contribution in [2.45, 2.75) is 45.8 Å². The van der Waals surface area contributed by atoms with Gasteiger partial charge in [-0.05, 0) is 26.3 Å². The minimum Gasteiger partial charge on any atom is -0.379 e. The predicted octanol–water partition coefficient (Wildman–Crippen LogP) is 0.890. The lowest BCUT2D eigenvalue weighted by Gasteiger charge is -2.16. The Balaban J connectivity index is 1.82. The van der Waals surface area contributed by atoms with Crippen molar-refractivity contribution < 1.29 is 14.3 Å². The second kappa shape index (κ2) is 8.28. The van der Waals surface area contributed by atoms with Crippen molar-refractivity contribution in [3.8, 4) is 0 Å². The van der Waals surface area contributed by atoms with Crippen LogP contribution in [0.4, 0.5) is 0 Å². The first-order valence-electron chi connectivity index (χ1n) is 8.46. The smallest absolute Gasteiger partial charge is 0.222 e. The maximum Gasteiger partial charge on any atom is 0.222 e. The Bertz CT molecular complexity index is 584. The van der Waals surface area contributed by atoms with Crippen molar-refractivity contribution in [2.24, 2.45) is 5.92 Å². The number of hydrogen-bond acceptors (Lipinski definition) is 4. The zero-order valence-electron chi connectivity index (χ0n) is 15.0. The summed E-state index contributed by atoms with van der Waals surface area (Å²) in [4.78, 5) is 25.8. The van der Waals surface area contributed by atoms with Crippen molar-refractivity contribution >= 4 is 11.8 Å². The first-order valence-corrected chi connectivity index (χ1v) is 8.46. The van der Waals surface area contributed by atoms with Gasteiger partial charge in [0.15, 0.2) is 0 Å². The fraction of sp³-hybridized carbons (Fsp3) is 0.706. The third-order valence-electron chi connectivity index (χ3n) is 4.63. The van der Waals surface area contributed by atoms with Gasteiger partial charge in [-0.25, -0.2) is 0 Å². The van der Waals surface area contributed by atoms with E-state index in [1.807, 2.05) is 29.5 Å². The summed E-state index contributed by atoms with van der Waals surface area (Å²) in [5, 5.41) is 7.04. The molecular weight excluding hydrogens is 308 g/mol. The van der Waals surface area contributed by atoms with E-state index in [0.717, 1.165) is 24.4 Å². The Kier molecular flexibility index (Phi) is 6.36. The van der Waals surface area contributed by atoms with Gasteiger partial charge < -0.3 is 15.0 Å². The highest BCUT2D eigenvalue weighted by Gasteiger charge is 2.36. The van der Waals surface area contributed by atoms with Crippen LogP contribution in [-0.4, -0.2) is 59.8 Å². The van der Waals surface area contributed by atoms with Gasteiger partial charge in [0, 0.05) is 58.2 Å². The van der Waals surface area contributed by atoms with Crippen molar-refractivity contribution in [1.82, 2.24) is 20.0 Å². The van der Waals surface area contributed by atoms with Gasteiger partial charge in [0.2, 0.25) is 11.8 Å². The Morgan fingerprint density at radius 1 is 1.38 bits per heavy atom. The summed E-state index contributed by atoms with van der Waals surface area (Å²) < 4.78 is 7.40. The highest BCUT2D eigenvalue weighted by atomic mass is 16.5. The molecule has 1 N–H and O–H groups in total. The fourth-order valence-electron chi connectivity index (χ4n) is 3.29. The fourth-order valence-corrected chi connectivity index (χ4v) is 3.29. The molecule has 24 heavy (non-hydrogen) atoms. The van der Waals surface area contributed by atoms with Crippen LogP contribution in [0.1, 0.15) is 30.7 Å². The second-order valence-electron chi connectivity index (χ2n) is 6.46. The third kappa shape index (κ3) is 4.56. The summed E-state index contributed by atoms with van der Waals surface area (Å²) in [6, 6.07) is 2.04. The number of amides is 2. The zero-order chi connectivity index (χ0) is 17.7. The minimum absolute atomic E-state index is 0.0131. The number of hydrogen-bond donors (Lipinski definition) is 1. The van der Waals surface area contributed by atoms with Crippen molar-refractivity contribution in [1.29, 1.82) is 0 Å². The van der Waals surface area contributed by atoms with E-state index in [0.29, 0.717) is 25.9 Å². The van der Waals surface area contributed by atoms with Gasteiger partial charge in [0.25, 0.3) is 0 Å². The van der Waals surface area contributed by atoms with Gasteiger partial charge in [-0.1, -0.05) is 0 Å². The Hall–Kier alpha value is -1.89. The molecule has 0 aromatic carbocycles. The molecule has 1 aromatic heterocycles. The molecule has 2 amide bonds. The zero-order valence-corrected chi connectivity index (χ0v) is 15.0. The van der Waals surface area contributed by atoms with Crippen LogP contribution in [-0.2, 0) is 20.9 Å². The molecule has 1 fully saturated rings.